The lowest BCUT2D eigenvalue weighted by atomic mass is 10.1. The van der Waals surface area contributed by atoms with Gasteiger partial charge in [-0.05, 0) is 32.4 Å². The number of piperazine rings is 1. The van der Waals surface area contributed by atoms with Gasteiger partial charge in [0.05, 0.1) is 0 Å². The van der Waals surface area contributed by atoms with Gasteiger partial charge in [-0.1, -0.05) is 33.1 Å². The van der Waals surface area contributed by atoms with Crippen molar-refractivity contribution in [2.24, 2.45) is 0 Å². The van der Waals surface area contributed by atoms with Crippen LogP contribution in [0, 0.1) is 0 Å². The summed E-state index contributed by atoms with van der Waals surface area (Å²) >= 11 is 0. The van der Waals surface area contributed by atoms with Crippen molar-refractivity contribution in [1.82, 2.24) is 9.80 Å². The monoisotopic (exact) mass is 224 g/mol. The lowest BCUT2D eigenvalue weighted by Gasteiger charge is -2.40. The van der Waals surface area contributed by atoms with Gasteiger partial charge in [-0.3, -0.25) is 4.90 Å². The third kappa shape index (κ3) is 2.78. The van der Waals surface area contributed by atoms with Gasteiger partial charge >= 0.3 is 0 Å². The van der Waals surface area contributed by atoms with E-state index in [4.69, 9.17) is 0 Å². The van der Waals surface area contributed by atoms with Crippen LogP contribution in [0.25, 0.3) is 0 Å². The predicted octanol–water partition coefficient (Wildman–Crippen LogP) is 2.74. The van der Waals surface area contributed by atoms with Crippen LogP contribution in [0.3, 0.4) is 0 Å². The van der Waals surface area contributed by atoms with E-state index in [1.54, 1.807) is 0 Å². The molecule has 0 N–H and O–H groups in total. The minimum atomic E-state index is 0.884. The van der Waals surface area contributed by atoms with E-state index in [1.807, 2.05) is 0 Å². The van der Waals surface area contributed by atoms with E-state index in [-0.39, 0.29) is 0 Å². The molecule has 2 aliphatic rings. The van der Waals surface area contributed by atoms with E-state index in [0.29, 0.717) is 0 Å². The van der Waals surface area contributed by atoms with E-state index in [9.17, 15) is 0 Å². The first-order valence-corrected chi connectivity index (χ1v) is 7.33. The fourth-order valence-corrected chi connectivity index (χ4v) is 3.54. The highest BCUT2D eigenvalue weighted by Gasteiger charge is 2.38. The van der Waals surface area contributed by atoms with E-state index < -0.39 is 0 Å². The minimum Gasteiger partial charge on any atom is -0.300 e. The van der Waals surface area contributed by atoms with Crippen molar-refractivity contribution in [2.45, 2.75) is 64.5 Å². The van der Waals surface area contributed by atoms with Gasteiger partial charge in [0.2, 0.25) is 0 Å². The number of unbranched alkanes of at least 4 members (excludes halogenated alkanes) is 3. The zero-order valence-electron chi connectivity index (χ0n) is 11.1. The van der Waals surface area contributed by atoms with Crippen molar-refractivity contribution in [1.29, 1.82) is 0 Å². The molecular formula is C14H28N2. The van der Waals surface area contributed by atoms with Crippen LogP contribution in [0.1, 0.15) is 52.4 Å². The van der Waals surface area contributed by atoms with Crippen molar-refractivity contribution in [3.8, 4) is 0 Å². The molecule has 2 bridgehead atoms. The average Bonchev–Trinajstić information content (AvgIpc) is 2.55. The Labute approximate surface area is 101 Å². The number of hydrogen-bond acceptors (Lipinski definition) is 2. The molecular weight excluding hydrogens is 196 g/mol. The topological polar surface area (TPSA) is 6.48 Å². The van der Waals surface area contributed by atoms with Crippen molar-refractivity contribution < 1.29 is 0 Å². The number of hydrogen-bond donors (Lipinski definition) is 0. The quantitative estimate of drug-likeness (QED) is 0.640. The number of fused-ring (bicyclic) bond motifs is 2. The van der Waals surface area contributed by atoms with Crippen LogP contribution < -0.4 is 0 Å². The normalized spacial score (nSPS) is 31.1. The van der Waals surface area contributed by atoms with Gasteiger partial charge in [-0.25, -0.2) is 0 Å². The summed E-state index contributed by atoms with van der Waals surface area (Å²) in [7, 11) is 0. The molecule has 0 aliphatic carbocycles. The molecule has 2 heteroatoms. The van der Waals surface area contributed by atoms with Gasteiger partial charge in [0.1, 0.15) is 0 Å². The number of likely N-dealkylation sites (tertiary alicyclic amines) is 1. The second kappa shape index (κ2) is 6.02. The maximum Gasteiger partial charge on any atom is 0.0227 e. The molecule has 2 aliphatic heterocycles. The summed E-state index contributed by atoms with van der Waals surface area (Å²) < 4.78 is 0. The average molecular weight is 224 g/mol. The lowest BCUT2D eigenvalue weighted by Crippen LogP contribution is -2.53. The maximum atomic E-state index is 2.74. The summed E-state index contributed by atoms with van der Waals surface area (Å²) in [5.74, 6) is 0. The van der Waals surface area contributed by atoms with Crippen LogP contribution in [0.5, 0.6) is 0 Å². The minimum absolute atomic E-state index is 0.884. The van der Waals surface area contributed by atoms with Crippen molar-refractivity contribution in [2.75, 3.05) is 26.2 Å². The molecule has 0 aromatic rings. The van der Waals surface area contributed by atoms with Gasteiger partial charge in [-0.15, -0.1) is 0 Å². The number of likely N-dealkylation sites (N-methyl/N-ethyl adjacent to an activating group) is 1. The molecule has 2 heterocycles. The Morgan fingerprint density at radius 3 is 2.19 bits per heavy atom. The van der Waals surface area contributed by atoms with E-state index in [2.05, 4.69) is 23.6 Å². The van der Waals surface area contributed by atoms with Crippen molar-refractivity contribution >= 4 is 0 Å². The second-order valence-corrected chi connectivity index (χ2v) is 5.54. The Balaban J connectivity index is 1.71. The summed E-state index contributed by atoms with van der Waals surface area (Å²) in [6.45, 7) is 9.92. The van der Waals surface area contributed by atoms with E-state index in [0.717, 1.165) is 12.1 Å². The van der Waals surface area contributed by atoms with Crippen LogP contribution in [-0.4, -0.2) is 48.1 Å². The lowest BCUT2D eigenvalue weighted by molar-refractivity contribution is 0.0704. The number of nitrogens with zero attached hydrogens (tertiary/aromatic N) is 2. The maximum absolute atomic E-state index is 2.74. The second-order valence-electron chi connectivity index (χ2n) is 5.54. The van der Waals surface area contributed by atoms with E-state index >= 15 is 0 Å². The Bertz CT molecular complexity index is 191. The molecule has 16 heavy (non-hydrogen) atoms. The van der Waals surface area contributed by atoms with Gasteiger partial charge in [0.25, 0.3) is 0 Å². The standard InChI is InChI=1S/C14H28N2/c1-3-5-6-7-10-15-11-13-8-9-14(12-15)16(13)4-2/h13-14H,3-12H2,1-2H3/t13-,14+. The first-order valence-electron chi connectivity index (χ1n) is 7.33. The largest absolute Gasteiger partial charge is 0.300 e. The van der Waals surface area contributed by atoms with Crippen LogP contribution in [0.4, 0.5) is 0 Å². The highest BCUT2D eigenvalue weighted by molar-refractivity contribution is 4.95. The molecule has 0 aromatic carbocycles. The first kappa shape index (κ1) is 12.4. The molecule has 2 atom stereocenters. The van der Waals surface area contributed by atoms with Crippen LogP contribution in [0.15, 0.2) is 0 Å². The zero-order chi connectivity index (χ0) is 11.4. The Kier molecular flexibility index (Phi) is 4.66. The molecule has 0 aromatic heterocycles. The van der Waals surface area contributed by atoms with E-state index in [1.165, 1.54) is 64.7 Å². The summed E-state index contributed by atoms with van der Waals surface area (Å²) in [5.41, 5.74) is 0. The highest BCUT2D eigenvalue weighted by Crippen LogP contribution is 2.29. The summed E-state index contributed by atoms with van der Waals surface area (Å²) in [5, 5.41) is 0. The molecule has 0 unspecified atom stereocenters. The molecule has 0 spiro atoms. The summed E-state index contributed by atoms with van der Waals surface area (Å²) in [4.78, 5) is 5.46. The van der Waals surface area contributed by atoms with Gasteiger partial charge < -0.3 is 4.90 Å². The smallest absolute Gasteiger partial charge is 0.0227 e. The van der Waals surface area contributed by atoms with Crippen molar-refractivity contribution in [3.05, 3.63) is 0 Å². The molecule has 0 radical (unpaired) electrons. The predicted molar refractivity (Wildman–Crippen MR) is 69.8 cm³/mol. The third-order valence-electron chi connectivity index (χ3n) is 4.40. The fraction of sp³-hybridized carbons (Fsp3) is 1.00. The Morgan fingerprint density at radius 1 is 0.938 bits per heavy atom. The van der Waals surface area contributed by atoms with Gasteiger partial charge in [0, 0.05) is 25.2 Å². The molecule has 2 nitrogen and oxygen atoms in total. The van der Waals surface area contributed by atoms with Crippen LogP contribution >= 0.6 is 0 Å². The Hall–Kier alpha value is -0.0800. The highest BCUT2D eigenvalue weighted by atomic mass is 15.3. The molecule has 2 rings (SSSR count). The molecule has 2 saturated heterocycles. The van der Waals surface area contributed by atoms with Crippen molar-refractivity contribution in [3.63, 3.8) is 0 Å². The zero-order valence-corrected chi connectivity index (χ0v) is 11.1. The first-order chi connectivity index (χ1) is 7.85. The van der Waals surface area contributed by atoms with Crippen LogP contribution in [0.2, 0.25) is 0 Å². The van der Waals surface area contributed by atoms with Gasteiger partial charge in [-0.2, -0.15) is 0 Å². The summed E-state index contributed by atoms with van der Waals surface area (Å²) in [6, 6.07) is 1.77. The third-order valence-corrected chi connectivity index (χ3v) is 4.40. The Morgan fingerprint density at radius 2 is 1.62 bits per heavy atom. The van der Waals surface area contributed by atoms with Gasteiger partial charge in [0.15, 0.2) is 0 Å². The number of rotatable bonds is 6. The fourth-order valence-electron chi connectivity index (χ4n) is 3.54. The summed E-state index contributed by atoms with van der Waals surface area (Å²) in [6.07, 6.45) is 8.52. The van der Waals surface area contributed by atoms with Crippen LogP contribution in [-0.2, 0) is 0 Å². The molecule has 2 fully saturated rings. The SMILES string of the molecule is CCCCCCN1C[C@H]2CC[C@@H](C1)N2CC. The molecule has 0 saturated carbocycles. The molecule has 94 valence electrons. The molecule has 0 amide bonds.